The van der Waals surface area contributed by atoms with Gasteiger partial charge in [0.2, 0.25) is 0 Å². The van der Waals surface area contributed by atoms with Crippen molar-refractivity contribution in [3.63, 3.8) is 0 Å². The summed E-state index contributed by atoms with van der Waals surface area (Å²) in [6.07, 6.45) is 5.67. The van der Waals surface area contributed by atoms with Gasteiger partial charge in [-0.2, -0.15) is 5.26 Å². The summed E-state index contributed by atoms with van der Waals surface area (Å²) in [5.74, 6) is 0.0161. The van der Waals surface area contributed by atoms with Gasteiger partial charge in [0, 0.05) is 6.07 Å². The Balaban J connectivity index is 2.36. The van der Waals surface area contributed by atoms with E-state index in [-0.39, 0.29) is 17.2 Å². The fraction of sp³-hybridized carbons (Fsp3) is 0.158. The third kappa shape index (κ3) is 3.98. The van der Waals surface area contributed by atoms with Crippen LogP contribution in [0, 0.1) is 11.3 Å². The first kappa shape index (κ1) is 16.3. The summed E-state index contributed by atoms with van der Waals surface area (Å²) in [6, 6.07) is 13.2. The highest BCUT2D eigenvalue weighted by Gasteiger charge is 2.14. The molecule has 1 heterocycles. The number of hydrogen-bond donors (Lipinski definition) is 1. The lowest BCUT2D eigenvalue weighted by molar-refractivity contribution is 0.288. The molecule has 0 saturated heterocycles. The van der Waals surface area contributed by atoms with Crippen LogP contribution in [0.5, 0.6) is 11.5 Å². The van der Waals surface area contributed by atoms with Gasteiger partial charge in [-0.3, -0.25) is 0 Å². The molecule has 0 saturated carbocycles. The Labute approximate surface area is 136 Å². The maximum atomic E-state index is 10.1. The van der Waals surface area contributed by atoms with E-state index in [0.29, 0.717) is 12.3 Å². The molecule has 0 bridgehead atoms. The average molecular weight is 306 g/mol. The number of hydrogen-bond acceptors (Lipinski definition) is 4. The summed E-state index contributed by atoms with van der Waals surface area (Å²) in [6.45, 7) is 4.10. The first-order chi connectivity index (χ1) is 11.2. The molecule has 0 aliphatic heterocycles. The van der Waals surface area contributed by atoms with Crippen molar-refractivity contribution < 1.29 is 9.84 Å². The summed E-state index contributed by atoms with van der Waals surface area (Å²) >= 11 is 0. The highest BCUT2D eigenvalue weighted by Crippen LogP contribution is 2.32. The first-order valence-corrected chi connectivity index (χ1v) is 7.29. The van der Waals surface area contributed by atoms with Gasteiger partial charge in [-0.25, -0.2) is 4.98 Å². The van der Waals surface area contributed by atoms with Crippen LogP contribution in [-0.4, -0.2) is 10.1 Å². The number of allylic oxidation sites excluding steroid dienone is 4. The fourth-order valence-electron chi connectivity index (χ4n) is 2.10. The van der Waals surface area contributed by atoms with Crippen molar-refractivity contribution in [3.8, 4) is 17.6 Å². The van der Waals surface area contributed by atoms with E-state index < -0.39 is 0 Å². The zero-order valence-electron chi connectivity index (χ0n) is 13.2. The normalized spacial score (nSPS) is 11.4. The van der Waals surface area contributed by atoms with Crippen LogP contribution in [0.25, 0.3) is 5.57 Å². The van der Waals surface area contributed by atoms with Crippen LogP contribution in [0.3, 0.4) is 0 Å². The number of ether oxygens (including phenoxy) is 1. The highest BCUT2D eigenvalue weighted by atomic mass is 16.5. The van der Waals surface area contributed by atoms with Crippen LogP contribution in [0.1, 0.15) is 30.8 Å². The smallest absolute Gasteiger partial charge is 0.195 e. The van der Waals surface area contributed by atoms with E-state index in [2.05, 4.69) is 4.98 Å². The zero-order valence-corrected chi connectivity index (χ0v) is 13.2. The van der Waals surface area contributed by atoms with Crippen LogP contribution in [0.4, 0.5) is 0 Å². The van der Waals surface area contributed by atoms with Crippen molar-refractivity contribution >= 4 is 5.57 Å². The van der Waals surface area contributed by atoms with Crippen LogP contribution >= 0.6 is 0 Å². The minimum Gasteiger partial charge on any atom is -0.502 e. The number of aromatic hydroxyl groups is 1. The Morgan fingerprint density at radius 1 is 1.30 bits per heavy atom. The minimum atomic E-state index is -0.233. The Bertz CT molecular complexity index is 772. The van der Waals surface area contributed by atoms with Crippen LogP contribution in [0.15, 0.2) is 54.6 Å². The highest BCUT2D eigenvalue weighted by molar-refractivity contribution is 5.73. The van der Waals surface area contributed by atoms with Crippen LogP contribution < -0.4 is 4.74 Å². The van der Waals surface area contributed by atoms with Gasteiger partial charge < -0.3 is 9.84 Å². The predicted molar refractivity (Wildman–Crippen MR) is 89.9 cm³/mol. The lowest BCUT2D eigenvalue weighted by Gasteiger charge is -2.11. The van der Waals surface area contributed by atoms with Gasteiger partial charge in [-0.05, 0) is 25.0 Å². The lowest BCUT2D eigenvalue weighted by atomic mass is 10.1. The molecular formula is C19H18N2O2. The van der Waals surface area contributed by atoms with E-state index in [1.165, 1.54) is 0 Å². The maximum Gasteiger partial charge on any atom is 0.195 e. The van der Waals surface area contributed by atoms with E-state index in [1.807, 2.05) is 68.5 Å². The molecule has 0 aliphatic carbocycles. The number of nitriles is 1. The summed E-state index contributed by atoms with van der Waals surface area (Å²) in [7, 11) is 0. The molecule has 1 N–H and O–H groups in total. The Kier molecular flexibility index (Phi) is 5.54. The Morgan fingerprint density at radius 2 is 2.04 bits per heavy atom. The van der Waals surface area contributed by atoms with Gasteiger partial charge in [0.05, 0.1) is 5.69 Å². The van der Waals surface area contributed by atoms with Gasteiger partial charge in [-0.1, -0.05) is 48.6 Å². The summed E-state index contributed by atoms with van der Waals surface area (Å²) in [5, 5.41) is 19.3. The second-order valence-electron chi connectivity index (χ2n) is 4.83. The van der Waals surface area contributed by atoms with E-state index in [1.54, 1.807) is 6.07 Å². The molecular weight excluding hydrogens is 288 g/mol. The van der Waals surface area contributed by atoms with Gasteiger partial charge in [0.1, 0.15) is 12.7 Å². The third-order valence-electron chi connectivity index (χ3n) is 3.25. The quantitative estimate of drug-likeness (QED) is 0.840. The SMILES string of the molecule is C/C=C\C(=C/C)c1cc(OCc2ccccc2)c(O)c(C#N)n1. The van der Waals surface area contributed by atoms with Gasteiger partial charge in [0.15, 0.2) is 17.2 Å². The fourth-order valence-corrected chi connectivity index (χ4v) is 2.10. The first-order valence-electron chi connectivity index (χ1n) is 7.29. The largest absolute Gasteiger partial charge is 0.502 e. The molecule has 4 heteroatoms. The van der Waals surface area contributed by atoms with Gasteiger partial charge in [0.25, 0.3) is 0 Å². The van der Waals surface area contributed by atoms with Crippen molar-refractivity contribution in [3.05, 3.63) is 71.6 Å². The molecule has 0 spiro atoms. The predicted octanol–water partition coefficient (Wildman–Crippen LogP) is 4.22. The number of rotatable bonds is 5. The lowest BCUT2D eigenvalue weighted by Crippen LogP contribution is -1.99. The molecule has 0 atom stereocenters. The molecule has 0 radical (unpaired) electrons. The van der Waals surface area contributed by atoms with Crippen molar-refractivity contribution in [1.29, 1.82) is 5.26 Å². The maximum absolute atomic E-state index is 10.1. The Hall–Kier alpha value is -3.06. The van der Waals surface area contributed by atoms with Crippen molar-refractivity contribution in [2.24, 2.45) is 0 Å². The number of nitrogens with zero attached hydrogens (tertiary/aromatic N) is 2. The molecule has 4 nitrogen and oxygen atoms in total. The molecule has 0 amide bonds. The van der Waals surface area contributed by atoms with E-state index in [9.17, 15) is 10.4 Å². The minimum absolute atomic E-state index is 0.0468. The molecule has 0 fully saturated rings. The Morgan fingerprint density at radius 3 is 2.65 bits per heavy atom. The molecule has 116 valence electrons. The number of pyridine rings is 1. The van der Waals surface area contributed by atoms with Crippen molar-refractivity contribution in [1.82, 2.24) is 4.98 Å². The second-order valence-corrected chi connectivity index (χ2v) is 4.83. The van der Waals surface area contributed by atoms with Crippen molar-refractivity contribution in [2.45, 2.75) is 20.5 Å². The second kappa shape index (κ2) is 7.81. The zero-order chi connectivity index (χ0) is 16.7. The number of aromatic nitrogens is 1. The van der Waals surface area contributed by atoms with Crippen molar-refractivity contribution in [2.75, 3.05) is 0 Å². The van der Waals surface area contributed by atoms with Crippen LogP contribution in [0.2, 0.25) is 0 Å². The molecule has 0 unspecified atom stereocenters. The topological polar surface area (TPSA) is 66.1 Å². The molecule has 1 aromatic heterocycles. The molecule has 23 heavy (non-hydrogen) atoms. The molecule has 2 rings (SSSR count). The van der Waals surface area contributed by atoms with Gasteiger partial charge in [-0.15, -0.1) is 0 Å². The van der Waals surface area contributed by atoms with Crippen LogP contribution in [-0.2, 0) is 6.61 Å². The number of benzene rings is 1. The van der Waals surface area contributed by atoms with E-state index in [4.69, 9.17) is 4.74 Å². The average Bonchev–Trinajstić information content (AvgIpc) is 2.59. The summed E-state index contributed by atoms with van der Waals surface area (Å²) in [5.41, 5.74) is 2.37. The van der Waals surface area contributed by atoms with E-state index in [0.717, 1.165) is 11.1 Å². The monoisotopic (exact) mass is 306 g/mol. The van der Waals surface area contributed by atoms with Gasteiger partial charge >= 0.3 is 0 Å². The standard InChI is InChI=1S/C19H18N2O2/c1-3-8-15(4-2)16-11-18(19(22)17(12-20)21-16)23-13-14-9-6-5-7-10-14/h3-11,22H,13H2,1-2H3/b8-3-,15-4+. The third-order valence-corrected chi connectivity index (χ3v) is 3.25. The summed E-state index contributed by atoms with van der Waals surface area (Å²) < 4.78 is 5.69. The van der Waals surface area contributed by atoms with E-state index >= 15 is 0 Å². The molecule has 1 aromatic carbocycles. The molecule has 0 aliphatic rings. The molecule has 2 aromatic rings. The summed E-state index contributed by atoms with van der Waals surface area (Å²) in [4.78, 5) is 4.19.